The minimum Gasteiger partial charge on any atom is -0.495 e. The molecular formula is C11H13BrO. The molecule has 0 bridgehead atoms. The van der Waals surface area contributed by atoms with Crippen LogP contribution in [0.4, 0.5) is 0 Å². The van der Waals surface area contributed by atoms with Crippen molar-refractivity contribution in [3.8, 4) is 5.75 Å². The van der Waals surface area contributed by atoms with Gasteiger partial charge in [-0.3, -0.25) is 0 Å². The van der Waals surface area contributed by atoms with Crippen molar-refractivity contribution >= 4 is 15.9 Å². The minimum absolute atomic E-state index is 1.04. The first-order valence-corrected chi connectivity index (χ1v) is 5.38. The number of fused-ring (bicyclic) bond motifs is 1. The molecule has 1 aromatic carbocycles. The largest absolute Gasteiger partial charge is 0.495 e. The molecule has 1 aliphatic carbocycles. The Balaban J connectivity index is 2.65. The van der Waals surface area contributed by atoms with E-state index >= 15 is 0 Å². The highest BCUT2D eigenvalue weighted by Crippen LogP contribution is 2.38. The summed E-state index contributed by atoms with van der Waals surface area (Å²) in [5.74, 6) is 1.04. The fourth-order valence-corrected chi connectivity index (χ4v) is 2.88. The smallest absolute Gasteiger partial charge is 0.136 e. The van der Waals surface area contributed by atoms with Gasteiger partial charge in [0, 0.05) is 0 Å². The summed E-state index contributed by atoms with van der Waals surface area (Å²) in [7, 11) is 1.74. The number of hydrogen-bond acceptors (Lipinski definition) is 1. The monoisotopic (exact) mass is 240 g/mol. The Morgan fingerprint density at radius 3 is 2.69 bits per heavy atom. The molecule has 0 atom stereocenters. The molecular weight excluding hydrogens is 228 g/mol. The molecule has 2 heteroatoms. The highest BCUT2D eigenvalue weighted by molar-refractivity contribution is 9.10. The van der Waals surface area contributed by atoms with Crippen molar-refractivity contribution in [2.45, 2.75) is 26.2 Å². The molecule has 0 N–H and O–H groups in total. The third kappa shape index (κ3) is 1.37. The van der Waals surface area contributed by atoms with Gasteiger partial charge in [0.1, 0.15) is 5.75 Å². The Hall–Kier alpha value is -0.500. The predicted molar refractivity (Wildman–Crippen MR) is 57.5 cm³/mol. The van der Waals surface area contributed by atoms with Gasteiger partial charge in [-0.05, 0) is 64.9 Å². The molecule has 1 nitrogen and oxygen atoms in total. The fraction of sp³-hybridized carbons (Fsp3) is 0.455. The third-order valence-corrected chi connectivity index (χ3v) is 3.32. The minimum atomic E-state index is 1.04. The van der Waals surface area contributed by atoms with Gasteiger partial charge in [0.15, 0.2) is 0 Å². The highest BCUT2D eigenvalue weighted by Gasteiger charge is 2.19. The number of benzene rings is 1. The standard InChI is InChI=1S/C11H13BrO/c1-7-6-10(12)11(13-2)9-5-3-4-8(7)9/h6H,3-5H2,1-2H3. The molecule has 1 aliphatic rings. The van der Waals surface area contributed by atoms with Crippen LogP contribution in [0.2, 0.25) is 0 Å². The van der Waals surface area contributed by atoms with Gasteiger partial charge in [0.2, 0.25) is 0 Å². The molecule has 70 valence electrons. The van der Waals surface area contributed by atoms with Crippen LogP contribution in [-0.4, -0.2) is 7.11 Å². The molecule has 0 aliphatic heterocycles. The molecule has 0 spiro atoms. The van der Waals surface area contributed by atoms with Crippen LogP contribution >= 0.6 is 15.9 Å². The number of halogens is 1. The maximum Gasteiger partial charge on any atom is 0.136 e. The molecule has 0 fully saturated rings. The predicted octanol–water partition coefficient (Wildman–Crippen LogP) is 3.25. The van der Waals surface area contributed by atoms with E-state index in [-0.39, 0.29) is 0 Å². The molecule has 0 saturated carbocycles. The molecule has 1 aromatic rings. The second-order valence-corrected chi connectivity index (χ2v) is 4.37. The van der Waals surface area contributed by atoms with E-state index in [4.69, 9.17) is 4.74 Å². The van der Waals surface area contributed by atoms with Crippen molar-refractivity contribution in [3.63, 3.8) is 0 Å². The normalized spacial score (nSPS) is 14.4. The van der Waals surface area contributed by atoms with E-state index < -0.39 is 0 Å². The maximum absolute atomic E-state index is 5.40. The summed E-state index contributed by atoms with van der Waals surface area (Å²) >= 11 is 3.54. The van der Waals surface area contributed by atoms with Gasteiger partial charge in [-0.1, -0.05) is 0 Å². The Morgan fingerprint density at radius 2 is 2.00 bits per heavy atom. The summed E-state index contributed by atoms with van der Waals surface area (Å²) in [6.45, 7) is 2.17. The van der Waals surface area contributed by atoms with Gasteiger partial charge in [0.25, 0.3) is 0 Å². The number of rotatable bonds is 1. The van der Waals surface area contributed by atoms with Gasteiger partial charge in [-0.25, -0.2) is 0 Å². The quantitative estimate of drug-likeness (QED) is 0.733. The van der Waals surface area contributed by atoms with Gasteiger partial charge >= 0.3 is 0 Å². The van der Waals surface area contributed by atoms with Crippen LogP contribution in [0.15, 0.2) is 10.5 Å². The van der Waals surface area contributed by atoms with E-state index in [0.717, 1.165) is 10.2 Å². The Labute approximate surface area is 87.2 Å². The summed E-state index contributed by atoms with van der Waals surface area (Å²) < 4.78 is 6.49. The van der Waals surface area contributed by atoms with Crippen molar-refractivity contribution < 1.29 is 4.74 Å². The lowest BCUT2D eigenvalue weighted by Gasteiger charge is -2.11. The number of aryl methyl sites for hydroxylation is 1. The molecule has 2 rings (SSSR count). The lowest BCUT2D eigenvalue weighted by Crippen LogP contribution is -1.94. The van der Waals surface area contributed by atoms with E-state index in [1.54, 1.807) is 7.11 Å². The lowest BCUT2D eigenvalue weighted by molar-refractivity contribution is 0.407. The molecule has 0 heterocycles. The summed E-state index contributed by atoms with van der Waals surface area (Å²) in [5.41, 5.74) is 4.30. The Bertz CT molecular complexity index is 344. The van der Waals surface area contributed by atoms with Crippen molar-refractivity contribution in [3.05, 3.63) is 27.2 Å². The lowest BCUT2D eigenvalue weighted by atomic mass is 10.0. The maximum atomic E-state index is 5.40. The summed E-state index contributed by atoms with van der Waals surface area (Å²) in [6.07, 6.45) is 3.65. The number of methoxy groups -OCH3 is 1. The van der Waals surface area contributed by atoms with Crippen LogP contribution in [0.25, 0.3) is 0 Å². The van der Waals surface area contributed by atoms with E-state index in [9.17, 15) is 0 Å². The molecule has 0 unspecified atom stereocenters. The van der Waals surface area contributed by atoms with E-state index in [1.165, 1.54) is 36.0 Å². The zero-order valence-corrected chi connectivity index (χ0v) is 9.57. The second kappa shape index (κ2) is 3.33. The van der Waals surface area contributed by atoms with Crippen LogP contribution < -0.4 is 4.74 Å². The van der Waals surface area contributed by atoms with Crippen LogP contribution in [0.3, 0.4) is 0 Å². The van der Waals surface area contributed by atoms with E-state index in [0.29, 0.717) is 0 Å². The molecule has 0 aromatic heterocycles. The molecule has 0 amide bonds. The topological polar surface area (TPSA) is 9.23 Å². The van der Waals surface area contributed by atoms with E-state index in [2.05, 4.69) is 28.9 Å². The van der Waals surface area contributed by atoms with Crippen LogP contribution in [-0.2, 0) is 12.8 Å². The first-order chi connectivity index (χ1) is 6.24. The SMILES string of the molecule is COc1c(Br)cc(C)c2c1CCC2. The van der Waals surface area contributed by atoms with Crippen molar-refractivity contribution in [2.24, 2.45) is 0 Å². The average Bonchev–Trinajstić information content (AvgIpc) is 2.53. The summed E-state index contributed by atoms with van der Waals surface area (Å²) in [4.78, 5) is 0. The van der Waals surface area contributed by atoms with Crippen molar-refractivity contribution in [1.29, 1.82) is 0 Å². The first kappa shape index (κ1) is 9.07. The summed E-state index contributed by atoms with van der Waals surface area (Å²) in [6, 6.07) is 2.16. The van der Waals surface area contributed by atoms with Crippen LogP contribution in [0.5, 0.6) is 5.75 Å². The van der Waals surface area contributed by atoms with Gasteiger partial charge in [-0.15, -0.1) is 0 Å². The van der Waals surface area contributed by atoms with Gasteiger partial charge < -0.3 is 4.74 Å². The molecule has 0 saturated heterocycles. The molecule has 0 radical (unpaired) electrons. The zero-order chi connectivity index (χ0) is 9.42. The Kier molecular flexibility index (Phi) is 2.33. The van der Waals surface area contributed by atoms with Crippen molar-refractivity contribution in [2.75, 3.05) is 7.11 Å². The average molecular weight is 241 g/mol. The zero-order valence-electron chi connectivity index (χ0n) is 7.98. The number of hydrogen-bond donors (Lipinski definition) is 0. The highest BCUT2D eigenvalue weighted by atomic mass is 79.9. The first-order valence-electron chi connectivity index (χ1n) is 4.59. The fourth-order valence-electron chi connectivity index (χ4n) is 2.14. The van der Waals surface area contributed by atoms with Gasteiger partial charge in [0.05, 0.1) is 11.6 Å². The number of ether oxygens (including phenoxy) is 1. The van der Waals surface area contributed by atoms with Crippen molar-refractivity contribution in [1.82, 2.24) is 0 Å². The van der Waals surface area contributed by atoms with Crippen LogP contribution in [0, 0.1) is 6.92 Å². The Morgan fingerprint density at radius 1 is 1.31 bits per heavy atom. The second-order valence-electron chi connectivity index (χ2n) is 3.52. The summed E-state index contributed by atoms with van der Waals surface area (Å²) in [5, 5.41) is 0. The molecule has 13 heavy (non-hydrogen) atoms. The van der Waals surface area contributed by atoms with Crippen LogP contribution in [0.1, 0.15) is 23.1 Å². The van der Waals surface area contributed by atoms with Gasteiger partial charge in [-0.2, -0.15) is 0 Å². The third-order valence-electron chi connectivity index (χ3n) is 2.73. The van der Waals surface area contributed by atoms with E-state index in [1.807, 2.05) is 0 Å².